The van der Waals surface area contributed by atoms with E-state index in [-0.39, 0.29) is 17.1 Å². The van der Waals surface area contributed by atoms with Crippen LogP contribution in [0.4, 0.5) is 10.1 Å². The van der Waals surface area contributed by atoms with Crippen LogP contribution in [0, 0.1) is 11.2 Å². The summed E-state index contributed by atoms with van der Waals surface area (Å²) in [5.74, 6) is -0.362. The summed E-state index contributed by atoms with van der Waals surface area (Å²) in [4.78, 5) is 12.0. The van der Waals surface area contributed by atoms with Crippen LogP contribution < -0.4 is 15.4 Å². The lowest BCUT2D eigenvalue weighted by Crippen LogP contribution is -2.32. The molecular weight excluding hydrogens is 235 g/mol. The van der Waals surface area contributed by atoms with Crippen LogP contribution in [-0.4, -0.2) is 26.6 Å². The lowest BCUT2D eigenvalue weighted by Gasteiger charge is -2.15. The SMILES string of the molecule is CNCC1(C(=O)Nc2ccc(OC)c(F)c2)CC1. The summed E-state index contributed by atoms with van der Waals surface area (Å²) in [6, 6.07) is 4.41. The van der Waals surface area contributed by atoms with Crippen molar-refractivity contribution < 1.29 is 13.9 Å². The van der Waals surface area contributed by atoms with E-state index in [9.17, 15) is 9.18 Å². The predicted octanol–water partition coefficient (Wildman–Crippen LogP) is 1.77. The van der Waals surface area contributed by atoms with Crippen molar-refractivity contribution in [1.29, 1.82) is 0 Å². The minimum atomic E-state index is -0.478. The van der Waals surface area contributed by atoms with E-state index in [4.69, 9.17) is 4.74 Å². The molecule has 1 fully saturated rings. The summed E-state index contributed by atoms with van der Waals surface area (Å²) >= 11 is 0. The zero-order valence-corrected chi connectivity index (χ0v) is 10.5. The van der Waals surface area contributed by atoms with Gasteiger partial charge in [-0.15, -0.1) is 0 Å². The Kier molecular flexibility index (Phi) is 3.52. The molecule has 0 aliphatic heterocycles. The molecule has 0 radical (unpaired) electrons. The number of amides is 1. The van der Waals surface area contributed by atoms with Crippen molar-refractivity contribution in [2.45, 2.75) is 12.8 Å². The van der Waals surface area contributed by atoms with Gasteiger partial charge >= 0.3 is 0 Å². The fourth-order valence-corrected chi connectivity index (χ4v) is 1.98. The van der Waals surface area contributed by atoms with E-state index in [2.05, 4.69) is 10.6 Å². The molecule has 1 aliphatic rings. The molecule has 2 N–H and O–H groups in total. The molecule has 0 spiro atoms. The number of ether oxygens (including phenoxy) is 1. The number of benzene rings is 1. The van der Waals surface area contributed by atoms with Crippen LogP contribution in [-0.2, 0) is 4.79 Å². The van der Waals surface area contributed by atoms with Crippen LogP contribution in [0.15, 0.2) is 18.2 Å². The molecule has 0 aromatic heterocycles. The highest BCUT2D eigenvalue weighted by molar-refractivity contribution is 5.97. The molecule has 0 bridgehead atoms. The molecule has 1 aliphatic carbocycles. The summed E-state index contributed by atoms with van der Waals surface area (Å²) in [6.45, 7) is 0.650. The highest BCUT2D eigenvalue weighted by Gasteiger charge is 2.49. The van der Waals surface area contributed by atoms with E-state index in [0.29, 0.717) is 12.2 Å². The van der Waals surface area contributed by atoms with E-state index < -0.39 is 5.82 Å². The van der Waals surface area contributed by atoms with Crippen molar-refractivity contribution in [3.8, 4) is 5.75 Å². The molecule has 0 atom stereocenters. The number of carbonyl (C=O) groups excluding carboxylic acids is 1. The number of halogens is 1. The average Bonchev–Trinajstić information content (AvgIpc) is 3.11. The molecule has 0 unspecified atom stereocenters. The first-order chi connectivity index (χ1) is 8.61. The zero-order valence-electron chi connectivity index (χ0n) is 10.5. The van der Waals surface area contributed by atoms with Crippen LogP contribution in [0.3, 0.4) is 0 Å². The van der Waals surface area contributed by atoms with Crippen molar-refractivity contribution in [3.63, 3.8) is 0 Å². The van der Waals surface area contributed by atoms with Crippen LogP contribution in [0.1, 0.15) is 12.8 Å². The van der Waals surface area contributed by atoms with Gasteiger partial charge in [0.15, 0.2) is 11.6 Å². The standard InChI is InChI=1S/C13H17FN2O2/c1-15-8-13(5-6-13)12(17)16-9-3-4-11(18-2)10(14)7-9/h3-4,7,15H,5-6,8H2,1-2H3,(H,16,17). The molecule has 4 nitrogen and oxygen atoms in total. The maximum Gasteiger partial charge on any atom is 0.231 e. The second kappa shape index (κ2) is 4.94. The zero-order chi connectivity index (χ0) is 13.2. The molecule has 0 heterocycles. The van der Waals surface area contributed by atoms with Crippen molar-refractivity contribution in [3.05, 3.63) is 24.0 Å². The predicted molar refractivity (Wildman–Crippen MR) is 67.2 cm³/mol. The fourth-order valence-electron chi connectivity index (χ4n) is 1.98. The number of hydrogen-bond donors (Lipinski definition) is 2. The van der Waals surface area contributed by atoms with Crippen molar-refractivity contribution in [2.75, 3.05) is 26.0 Å². The van der Waals surface area contributed by atoms with Gasteiger partial charge in [-0.3, -0.25) is 4.79 Å². The van der Waals surface area contributed by atoms with E-state index >= 15 is 0 Å². The summed E-state index contributed by atoms with van der Waals surface area (Å²) in [5, 5.41) is 5.76. The Morgan fingerprint density at radius 1 is 1.50 bits per heavy atom. The highest BCUT2D eigenvalue weighted by Crippen LogP contribution is 2.45. The van der Waals surface area contributed by atoms with Gasteiger partial charge in [-0.05, 0) is 32.0 Å². The lowest BCUT2D eigenvalue weighted by atomic mass is 10.1. The summed E-state index contributed by atoms with van der Waals surface area (Å²) in [5.41, 5.74) is 0.145. The van der Waals surface area contributed by atoms with Crippen LogP contribution in [0.25, 0.3) is 0 Å². The molecule has 98 valence electrons. The van der Waals surface area contributed by atoms with Crippen molar-refractivity contribution in [1.82, 2.24) is 5.32 Å². The van der Waals surface area contributed by atoms with Gasteiger partial charge in [0.05, 0.1) is 12.5 Å². The van der Waals surface area contributed by atoms with Gasteiger partial charge in [0.1, 0.15) is 0 Å². The Bertz CT molecular complexity index is 458. The Balaban J connectivity index is 2.06. The van der Waals surface area contributed by atoms with Gasteiger partial charge in [0.2, 0.25) is 5.91 Å². The van der Waals surface area contributed by atoms with Gasteiger partial charge in [0, 0.05) is 18.3 Å². The molecule has 18 heavy (non-hydrogen) atoms. The minimum Gasteiger partial charge on any atom is -0.494 e. The third kappa shape index (κ3) is 2.46. The summed E-state index contributed by atoms with van der Waals surface area (Å²) < 4.78 is 18.3. The molecule has 5 heteroatoms. The third-order valence-electron chi connectivity index (χ3n) is 3.26. The maximum atomic E-state index is 13.5. The second-order valence-electron chi connectivity index (χ2n) is 4.61. The molecule has 1 saturated carbocycles. The largest absolute Gasteiger partial charge is 0.494 e. The maximum absolute atomic E-state index is 13.5. The quantitative estimate of drug-likeness (QED) is 0.839. The van der Waals surface area contributed by atoms with Crippen molar-refractivity contribution >= 4 is 11.6 Å². The van der Waals surface area contributed by atoms with Crippen molar-refractivity contribution in [2.24, 2.45) is 5.41 Å². The molecule has 0 saturated heterocycles. The van der Waals surface area contributed by atoms with E-state index in [0.717, 1.165) is 12.8 Å². The number of methoxy groups -OCH3 is 1. The molecule has 1 aromatic rings. The van der Waals surface area contributed by atoms with Gasteiger partial charge in [0.25, 0.3) is 0 Å². The average molecular weight is 252 g/mol. The smallest absolute Gasteiger partial charge is 0.231 e. The fraction of sp³-hybridized carbons (Fsp3) is 0.462. The molecule has 1 amide bonds. The molecule has 1 aromatic carbocycles. The normalized spacial score (nSPS) is 16.2. The van der Waals surface area contributed by atoms with Crippen LogP contribution in [0.5, 0.6) is 5.75 Å². The first-order valence-corrected chi connectivity index (χ1v) is 5.91. The number of rotatable bonds is 5. The first-order valence-electron chi connectivity index (χ1n) is 5.91. The number of hydrogen-bond acceptors (Lipinski definition) is 3. The summed E-state index contributed by atoms with van der Waals surface area (Å²) in [7, 11) is 3.23. The number of anilines is 1. The molecule has 2 rings (SSSR count). The minimum absolute atomic E-state index is 0.0542. The first kappa shape index (κ1) is 12.8. The van der Waals surface area contributed by atoms with Gasteiger partial charge < -0.3 is 15.4 Å². The monoisotopic (exact) mass is 252 g/mol. The Labute approximate surface area is 106 Å². The number of carbonyl (C=O) groups is 1. The summed E-state index contributed by atoms with van der Waals surface area (Å²) in [6.07, 6.45) is 1.75. The van der Waals surface area contributed by atoms with Crippen LogP contribution in [0.2, 0.25) is 0 Å². The second-order valence-corrected chi connectivity index (χ2v) is 4.61. The van der Waals surface area contributed by atoms with Crippen LogP contribution >= 0.6 is 0 Å². The molecular formula is C13H17FN2O2. The van der Waals surface area contributed by atoms with Gasteiger partial charge in [-0.2, -0.15) is 0 Å². The van der Waals surface area contributed by atoms with Gasteiger partial charge in [-0.25, -0.2) is 4.39 Å². The van der Waals surface area contributed by atoms with E-state index in [1.807, 2.05) is 7.05 Å². The Hall–Kier alpha value is -1.62. The topological polar surface area (TPSA) is 50.4 Å². The lowest BCUT2D eigenvalue weighted by molar-refractivity contribution is -0.120. The third-order valence-corrected chi connectivity index (χ3v) is 3.26. The highest BCUT2D eigenvalue weighted by atomic mass is 19.1. The Morgan fingerprint density at radius 2 is 2.22 bits per heavy atom. The van der Waals surface area contributed by atoms with E-state index in [1.54, 1.807) is 6.07 Å². The number of nitrogens with one attached hydrogen (secondary N) is 2. The van der Waals surface area contributed by atoms with E-state index in [1.165, 1.54) is 19.2 Å². The van der Waals surface area contributed by atoms with Gasteiger partial charge in [-0.1, -0.05) is 0 Å². The Morgan fingerprint density at radius 3 is 2.72 bits per heavy atom.